The molecule has 2 rings (SSSR count). The molecule has 3 N–H and O–H groups in total. The van der Waals surface area contributed by atoms with Gasteiger partial charge in [-0.05, 0) is 31.5 Å². The van der Waals surface area contributed by atoms with Crippen molar-refractivity contribution in [3.63, 3.8) is 0 Å². The van der Waals surface area contributed by atoms with Crippen molar-refractivity contribution in [3.8, 4) is 0 Å². The van der Waals surface area contributed by atoms with Crippen LogP contribution >= 0.6 is 0 Å². The van der Waals surface area contributed by atoms with E-state index >= 15 is 0 Å². The molecule has 1 aromatic rings. The maximum absolute atomic E-state index is 12.1. The predicted molar refractivity (Wildman–Crippen MR) is 82.1 cm³/mol. The first-order valence-electron chi connectivity index (χ1n) is 6.96. The van der Waals surface area contributed by atoms with Crippen LogP contribution in [-0.4, -0.2) is 29.5 Å². The summed E-state index contributed by atoms with van der Waals surface area (Å²) in [5, 5.41) is 7.81. The number of amides is 3. The smallest absolute Gasteiger partial charge is 0.268 e. The molecule has 0 aromatic heterocycles. The number of nitrogens with two attached hydrogens (primary N) is 1. The number of nitrogens with one attached hydrogen (secondary N) is 1. The Bertz CT molecular complexity index is 654. The highest BCUT2D eigenvalue weighted by Gasteiger charge is 2.26. The molecule has 0 saturated heterocycles. The lowest BCUT2D eigenvalue weighted by atomic mass is 10.1. The lowest BCUT2D eigenvalue weighted by Gasteiger charge is -2.23. The zero-order valence-corrected chi connectivity index (χ0v) is 12.5. The Morgan fingerprint density at radius 1 is 1.36 bits per heavy atom. The summed E-state index contributed by atoms with van der Waals surface area (Å²) in [6.45, 7) is 3.40. The van der Waals surface area contributed by atoms with Crippen LogP contribution in [0.15, 0.2) is 29.4 Å². The van der Waals surface area contributed by atoms with Gasteiger partial charge in [-0.3, -0.25) is 14.4 Å². The van der Waals surface area contributed by atoms with Crippen molar-refractivity contribution in [2.75, 3.05) is 5.01 Å². The van der Waals surface area contributed by atoms with Crippen molar-refractivity contribution in [1.29, 1.82) is 0 Å². The Morgan fingerprint density at radius 3 is 2.73 bits per heavy atom. The largest absolute Gasteiger partial charge is 0.368 e. The Labute approximate surface area is 128 Å². The molecule has 3 amide bonds. The minimum Gasteiger partial charge on any atom is -0.368 e. The molecule has 0 radical (unpaired) electrons. The van der Waals surface area contributed by atoms with E-state index in [9.17, 15) is 14.4 Å². The molecule has 22 heavy (non-hydrogen) atoms. The van der Waals surface area contributed by atoms with Crippen LogP contribution in [0.25, 0.3) is 0 Å². The fourth-order valence-electron chi connectivity index (χ4n) is 2.03. The lowest BCUT2D eigenvalue weighted by Crippen LogP contribution is -2.46. The summed E-state index contributed by atoms with van der Waals surface area (Å²) in [4.78, 5) is 35.1. The first kappa shape index (κ1) is 15.7. The van der Waals surface area contributed by atoms with E-state index in [1.807, 2.05) is 25.1 Å². The highest BCUT2D eigenvalue weighted by molar-refractivity contribution is 6.40. The standard InChI is InChI=1S/C15H18N4O3/c1-9-4-3-5-11(8-9)19-13(20)7-6-12(18-19)15(22)17-10(2)14(16)21/h3-5,8,10H,6-7H2,1-2H3,(H2,16,21)(H,17,22). The Hall–Kier alpha value is -2.70. The van der Waals surface area contributed by atoms with Crippen molar-refractivity contribution in [3.05, 3.63) is 29.8 Å². The maximum Gasteiger partial charge on any atom is 0.268 e. The molecular weight excluding hydrogens is 284 g/mol. The first-order chi connectivity index (χ1) is 10.4. The van der Waals surface area contributed by atoms with Gasteiger partial charge in [0.25, 0.3) is 5.91 Å². The van der Waals surface area contributed by atoms with Gasteiger partial charge in [-0.15, -0.1) is 0 Å². The van der Waals surface area contributed by atoms with E-state index < -0.39 is 17.9 Å². The molecule has 1 aliphatic heterocycles. The van der Waals surface area contributed by atoms with Crippen LogP contribution < -0.4 is 16.1 Å². The molecule has 1 aliphatic rings. The number of carbonyl (C=O) groups is 3. The number of rotatable bonds is 4. The molecule has 0 spiro atoms. The van der Waals surface area contributed by atoms with Crippen LogP contribution in [0.3, 0.4) is 0 Å². The van der Waals surface area contributed by atoms with Gasteiger partial charge in [0.2, 0.25) is 11.8 Å². The quantitative estimate of drug-likeness (QED) is 0.844. The average molecular weight is 302 g/mol. The van der Waals surface area contributed by atoms with Gasteiger partial charge in [-0.2, -0.15) is 5.10 Å². The van der Waals surface area contributed by atoms with E-state index in [0.29, 0.717) is 5.69 Å². The Morgan fingerprint density at radius 2 is 2.09 bits per heavy atom. The zero-order chi connectivity index (χ0) is 16.3. The number of carbonyl (C=O) groups excluding carboxylic acids is 3. The second-order valence-electron chi connectivity index (χ2n) is 5.19. The van der Waals surface area contributed by atoms with E-state index in [2.05, 4.69) is 10.4 Å². The first-order valence-corrected chi connectivity index (χ1v) is 6.96. The van der Waals surface area contributed by atoms with Crippen LogP contribution in [0, 0.1) is 6.92 Å². The van der Waals surface area contributed by atoms with E-state index in [4.69, 9.17) is 5.73 Å². The van der Waals surface area contributed by atoms with E-state index in [1.54, 1.807) is 6.07 Å². The molecule has 1 heterocycles. The lowest BCUT2D eigenvalue weighted by molar-refractivity contribution is -0.124. The average Bonchev–Trinajstić information content (AvgIpc) is 2.47. The number of hydrogen-bond acceptors (Lipinski definition) is 4. The van der Waals surface area contributed by atoms with Gasteiger partial charge in [0.05, 0.1) is 5.69 Å². The second-order valence-corrected chi connectivity index (χ2v) is 5.19. The number of hydrazone groups is 1. The molecule has 0 saturated carbocycles. The number of hydrogen-bond donors (Lipinski definition) is 2. The van der Waals surface area contributed by atoms with Gasteiger partial charge in [-0.1, -0.05) is 12.1 Å². The third-order valence-corrected chi connectivity index (χ3v) is 3.32. The number of benzene rings is 1. The van der Waals surface area contributed by atoms with Crippen molar-refractivity contribution in [1.82, 2.24) is 5.32 Å². The zero-order valence-electron chi connectivity index (χ0n) is 12.5. The van der Waals surface area contributed by atoms with Crippen molar-refractivity contribution in [2.24, 2.45) is 10.8 Å². The summed E-state index contributed by atoms with van der Waals surface area (Å²) in [6, 6.07) is 6.50. The Balaban J connectivity index is 2.23. The van der Waals surface area contributed by atoms with Crippen molar-refractivity contribution >= 4 is 29.1 Å². The SMILES string of the molecule is Cc1cccc(N2N=C(C(=O)NC(C)C(N)=O)CCC2=O)c1. The van der Waals surface area contributed by atoms with E-state index in [-0.39, 0.29) is 24.5 Å². The maximum atomic E-state index is 12.1. The fourth-order valence-corrected chi connectivity index (χ4v) is 2.03. The summed E-state index contributed by atoms with van der Waals surface area (Å²) in [5.41, 5.74) is 6.91. The van der Waals surface area contributed by atoms with Crippen LogP contribution in [0.2, 0.25) is 0 Å². The normalized spacial score (nSPS) is 16.0. The minimum absolute atomic E-state index is 0.176. The van der Waals surface area contributed by atoms with Crippen LogP contribution in [0.1, 0.15) is 25.3 Å². The second kappa shape index (κ2) is 6.38. The van der Waals surface area contributed by atoms with E-state index in [0.717, 1.165) is 5.56 Å². The van der Waals surface area contributed by atoms with Crippen LogP contribution in [0.5, 0.6) is 0 Å². The predicted octanol–water partition coefficient (Wildman–Crippen LogP) is 0.468. The Kier molecular flexibility index (Phi) is 4.55. The topological polar surface area (TPSA) is 105 Å². The highest BCUT2D eigenvalue weighted by Crippen LogP contribution is 2.21. The molecule has 0 fully saturated rings. The van der Waals surface area contributed by atoms with Gasteiger partial charge in [0, 0.05) is 12.8 Å². The summed E-state index contributed by atoms with van der Waals surface area (Å²) in [7, 11) is 0. The van der Waals surface area contributed by atoms with Crippen molar-refractivity contribution < 1.29 is 14.4 Å². The molecule has 0 aliphatic carbocycles. The summed E-state index contributed by atoms with van der Waals surface area (Å²) >= 11 is 0. The number of aryl methyl sites for hydroxylation is 1. The van der Waals surface area contributed by atoms with Gasteiger partial charge in [0.15, 0.2) is 0 Å². The highest BCUT2D eigenvalue weighted by atomic mass is 16.2. The molecule has 1 atom stereocenters. The number of anilines is 1. The van der Waals surface area contributed by atoms with E-state index in [1.165, 1.54) is 11.9 Å². The molecule has 1 aromatic carbocycles. The number of nitrogens with zero attached hydrogens (tertiary/aromatic N) is 2. The van der Waals surface area contributed by atoms with Crippen LogP contribution in [0.4, 0.5) is 5.69 Å². The number of primary amides is 1. The molecule has 1 unspecified atom stereocenters. The molecule has 116 valence electrons. The van der Waals surface area contributed by atoms with Gasteiger partial charge >= 0.3 is 0 Å². The van der Waals surface area contributed by atoms with Gasteiger partial charge in [0.1, 0.15) is 11.8 Å². The molecule has 0 bridgehead atoms. The minimum atomic E-state index is -0.791. The fraction of sp³-hybridized carbons (Fsp3) is 0.333. The van der Waals surface area contributed by atoms with Crippen LogP contribution in [-0.2, 0) is 14.4 Å². The summed E-state index contributed by atoms with van der Waals surface area (Å²) in [6.07, 6.45) is 0.420. The third-order valence-electron chi connectivity index (χ3n) is 3.32. The van der Waals surface area contributed by atoms with Crippen molar-refractivity contribution in [2.45, 2.75) is 32.7 Å². The van der Waals surface area contributed by atoms with Gasteiger partial charge in [-0.25, -0.2) is 5.01 Å². The molecule has 7 nitrogen and oxygen atoms in total. The summed E-state index contributed by atoms with van der Waals surface area (Å²) in [5.74, 6) is -1.29. The monoisotopic (exact) mass is 302 g/mol. The molecular formula is C15H18N4O3. The third kappa shape index (κ3) is 3.49. The van der Waals surface area contributed by atoms with Gasteiger partial charge < -0.3 is 11.1 Å². The summed E-state index contributed by atoms with van der Waals surface area (Å²) < 4.78 is 0. The molecule has 7 heteroatoms.